The number of nitriles is 1. The van der Waals surface area contributed by atoms with E-state index >= 15 is 0 Å². The molecule has 0 saturated carbocycles. The second-order valence-electron chi connectivity index (χ2n) is 7.43. The average Bonchev–Trinajstić information content (AvgIpc) is 2.74. The number of nitrogens with zero attached hydrogens (tertiary/aromatic N) is 5. The average molecular weight is 390 g/mol. The zero-order valence-corrected chi connectivity index (χ0v) is 16.6. The van der Waals surface area contributed by atoms with E-state index in [1.54, 1.807) is 12.5 Å². The van der Waals surface area contributed by atoms with Gasteiger partial charge in [0.1, 0.15) is 24.0 Å². The minimum Gasteiger partial charge on any atom is -0.379 e. The van der Waals surface area contributed by atoms with Gasteiger partial charge < -0.3 is 10.2 Å². The Morgan fingerprint density at radius 2 is 2.14 bits per heavy atom. The van der Waals surface area contributed by atoms with Crippen LogP contribution in [0.3, 0.4) is 0 Å². The van der Waals surface area contributed by atoms with Crippen molar-refractivity contribution in [1.29, 1.82) is 5.26 Å². The Balaban J connectivity index is 1.65. The van der Waals surface area contributed by atoms with Gasteiger partial charge in [0, 0.05) is 42.5 Å². The quantitative estimate of drug-likeness (QED) is 0.726. The third-order valence-corrected chi connectivity index (χ3v) is 5.41. The number of aryl methyl sites for hydroxylation is 2. The monoisotopic (exact) mass is 390 g/mol. The van der Waals surface area contributed by atoms with Gasteiger partial charge in [-0.05, 0) is 43.9 Å². The Labute approximate surface area is 169 Å². The summed E-state index contributed by atoms with van der Waals surface area (Å²) >= 11 is 0. The maximum Gasteiger partial charge on any atom is 0.132 e. The molecule has 0 spiro atoms. The number of piperidine rings is 1. The van der Waals surface area contributed by atoms with Crippen LogP contribution in [0.15, 0.2) is 30.7 Å². The van der Waals surface area contributed by atoms with E-state index in [4.69, 9.17) is 0 Å². The summed E-state index contributed by atoms with van der Waals surface area (Å²) < 4.78 is 14.1. The van der Waals surface area contributed by atoms with Crippen LogP contribution in [0.4, 0.5) is 15.9 Å². The highest BCUT2D eigenvalue weighted by molar-refractivity contribution is 5.95. The summed E-state index contributed by atoms with van der Waals surface area (Å²) in [6.07, 6.45) is 6.01. The van der Waals surface area contributed by atoms with Crippen LogP contribution in [0, 0.1) is 24.1 Å². The summed E-state index contributed by atoms with van der Waals surface area (Å²) in [4.78, 5) is 15.3. The van der Waals surface area contributed by atoms with Gasteiger partial charge in [-0.2, -0.15) is 5.26 Å². The van der Waals surface area contributed by atoms with E-state index in [9.17, 15) is 9.65 Å². The lowest BCUT2D eigenvalue weighted by molar-refractivity contribution is 0.526. The second kappa shape index (κ2) is 8.00. The molecule has 1 aliphatic rings. The van der Waals surface area contributed by atoms with Crippen molar-refractivity contribution in [2.75, 3.05) is 23.3 Å². The number of halogens is 1. The molecule has 2 aromatic heterocycles. The van der Waals surface area contributed by atoms with Crippen molar-refractivity contribution in [2.45, 2.75) is 39.2 Å². The SMILES string of the molecule is CCc1cc(N2CCCC(Nc3c(C#N)cnc4c(C)cc(F)cc34)C2)ncn1. The van der Waals surface area contributed by atoms with Crippen LogP contribution in [0.5, 0.6) is 0 Å². The number of fused-ring (bicyclic) bond motifs is 1. The van der Waals surface area contributed by atoms with Gasteiger partial charge >= 0.3 is 0 Å². The third-order valence-electron chi connectivity index (χ3n) is 5.41. The van der Waals surface area contributed by atoms with Gasteiger partial charge in [-0.25, -0.2) is 14.4 Å². The van der Waals surface area contributed by atoms with E-state index in [0.29, 0.717) is 22.2 Å². The number of pyridine rings is 1. The van der Waals surface area contributed by atoms with Crippen LogP contribution in [0.25, 0.3) is 10.9 Å². The first-order valence-corrected chi connectivity index (χ1v) is 9.90. The summed E-state index contributed by atoms with van der Waals surface area (Å²) in [7, 11) is 0. The predicted molar refractivity (Wildman–Crippen MR) is 111 cm³/mol. The summed E-state index contributed by atoms with van der Waals surface area (Å²) in [5.74, 6) is 0.596. The van der Waals surface area contributed by atoms with Gasteiger partial charge in [-0.15, -0.1) is 0 Å². The molecule has 3 heterocycles. The molecule has 1 fully saturated rings. The molecular formula is C22H23FN6. The van der Waals surface area contributed by atoms with E-state index in [2.05, 4.69) is 38.2 Å². The highest BCUT2D eigenvalue weighted by atomic mass is 19.1. The molecule has 3 aromatic rings. The standard InChI is InChI=1S/C22H23FN6/c1-3-17-9-20(27-13-26-17)29-6-4-5-18(12-29)28-22-15(10-24)11-25-21-14(2)7-16(23)8-19(21)22/h7-9,11,13,18H,3-6,12H2,1-2H3,(H,25,28). The van der Waals surface area contributed by atoms with Crippen molar-refractivity contribution in [3.05, 3.63) is 53.4 Å². The Bertz CT molecular complexity index is 1090. The molecule has 0 bridgehead atoms. The number of nitrogens with one attached hydrogen (secondary N) is 1. The maximum atomic E-state index is 14.1. The largest absolute Gasteiger partial charge is 0.379 e. The first-order chi connectivity index (χ1) is 14.1. The Kier molecular flexibility index (Phi) is 5.26. The van der Waals surface area contributed by atoms with Crippen LogP contribution in [-0.4, -0.2) is 34.1 Å². The van der Waals surface area contributed by atoms with Crippen LogP contribution in [0.2, 0.25) is 0 Å². The van der Waals surface area contributed by atoms with Crippen molar-refractivity contribution >= 4 is 22.4 Å². The molecule has 29 heavy (non-hydrogen) atoms. The number of hydrogen-bond donors (Lipinski definition) is 1. The zero-order valence-electron chi connectivity index (χ0n) is 16.6. The molecule has 7 heteroatoms. The normalized spacial score (nSPS) is 16.6. The third kappa shape index (κ3) is 3.83. The summed E-state index contributed by atoms with van der Waals surface area (Å²) in [5, 5.41) is 13.7. The maximum absolute atomic E-state index is 14.1. The Morgan fingerprint density at radius 3 is 2.93 bits per heavy atom. The lowest BCUT2D eigenvalue weighted by Crippen LogP contribution is -2.42. The van der Waals surface area contributed by atoms with Gasteiger partial charge in [0.15, 0.2) is 0 Å². The molecule has 1 atom stereocenters. The van der Waals surface area contributed by atoms with Crippen molar-refractivity contribution in [1.82, 2.24) is 15.0 Å². The fraction of sp³-hybridized carbons (Fsp3) is 0.364. The molecule has 1 saturated heterocycles. The molecule has 0 amide bonds. The molecule has 0 radical (unpaired) electrons. The van der Waals surface area contributed by atoms with E-state index in [1.807, 2.05) is 13.0 Å². The Hall–Kier alpha value is -3.27. The van der Waals surface area contributed by atoms with Gasteiger partial charge in [-0.1, -0.05) is 6.92 Å². The molecular weight excluding hydrogens is 367 g/mol. The summed E-state index contributed by atoms with van der Waals surface area (Å²) in [6, 6.07) is 7.26. The first kappa shape index (κ1) is 19.1. The molecule has 1 unspecified atom stereocenters. The van der Waals surface area contributed by atoms with E-state index in [1.165, 1.54) is 12.1 Å². The molecule has 4 rings (SSSR count). The molecule has 6 nitrogen and oxygen atoms in total. The number of anilines is 2. The van der Waals surface area contributed by atoms with Crippen molar-refractivity contribution in [3.8, 4) is 6.07 Å². The van der Waals surface area contributed by atoms with Gasteiger partial charge in [-0.3, -0.25) is 4.98 Å². The van der Waals surface area contributed by atoms with Crippen molar-refractivity contribution in [2.24, 2.45) is 0 Å². The van der Waals surface area contributed by atoms with Crippen LogP contribution in [-0.2, 0) is 6.42 Å². The van der Waals surface area contributed by atoms with Crippen molar-refractivity contribution in [3.63, 3.8) is 0 Å². The smallest absolute Gasteiger partial charge is 0.132 e. The zero-order chi connectivity index (χ0) is 20.4. The lowest BCUT2D eigenvalue weighted by atomic mass is 10.0. The summed E-state index contributed by atoms with van der Waals surface area (Å²) in [6.45, 7) is 5.58. The number of hydrogen-bond acceptors (Lipinski definition) is 6. The molecule has 0 aliphatic carbocycles. The van der Waals surface area contributed by atoms with Crippen LogP contribution < -0.4 is 10.2 Å². The predicted octanol–water partition coefficient (Wildman–Crippen LogP) is 3.99. The second-order valence-corrected chi connectivity index (χ2v) is 7.43. The van der Waals surface area contributed by atoms with Crippen molar-refractivity contribution < 1.29 is 4.39 Å². The van der Waals surface area contributed by atoms with Crippen LogP contribution >= 0.6 is 0 Å². The number of aromatic nitrogens is 3. The van der Waals surface area contributed by atoms with Gasteiger partial charge in [0.25, 0.3) is 0 Å². The molecule has 1 aliphatic heterocycles. The van der Waals surface area contributed by atoms with Gasteiger partial charge in [0.2, 0.25) is 0 Å². The fourth-order valence-electron chi connectivity index (χ4n) is 3.94. The molecule has 1 N–H and O–H groups in total. The highest BCUT2D eigenvalue weighted by Gasteiger charge is 2.23. The van der Waals surface area contributed by atoms with E-state index in [0.717, 1.165) is 49.4 Å². The Morgan fingerprint density at radius 1 is 1.28 bits per heavy atom. The topological polar surface area (TPSA) is 77.7 Å². The first-order valence-electron chi connectivity index (χ1n) is 9.90. The fourth-order valence-corrected chi connectivity index (χ4v) is 3.94. The highest BCUT2D eigenvalue weighted by Crippen LogP contribution is 2.30. The minimum atomic E-state index is -0.326. The lowest BCUT2D eigenvalue weighted by Gasteiger charge is -2.35. The van der Waals surface area contributed by atoms with Crippen LogP contribution in [0.1, 0.15) is 36.6 Å². The minimum absolute atomic E-state index is 0.116. The van der Waals surface area contributed by atoms with E-state index < -0.39 is 0 Å². The number of rotatable bonds is 4. The van der Waals surface area contributed by atoms with Gasteiger partial charge in [0.05, 0.1) is 16.8 Å². The summed E-state index contributed by atoms with van der Waals surface area (Å²) in [5.41, 5.74) is 3.57. The number of benzene rings is 1. The molecule has 148 valence electrons. The van der Waals surface area contributed by atoms with E-state index in [-0.39, 0.29) is 11.9 Å². The molecule has 1 aromatic carbocycles.